The number of nitrogens with zero attached hydrogens (tertiary/aromatic N) is 1. The maximum Gasteiger partial charge on any atom is 0.303 e. The van der Waals surface area contributed by atoms with Crippen molar-refractivity contribution in [3.8, 4) is 0 Å². The van der Waals surface area contributed by atoms with Gasteiger partial charge in [-0.25, -0.2) is 0 Å². The predicted octanol–water partition coefficient (Wildman–Crippen LogP) is 2.55. The molecular formula is C15H24N2O4. The van der Waals surface area contributed by atoms with Gasteiger partial charge >= 0.3 is 5.97 Å². The minimum absolute atomic E-state index is 0.167. The molecule has 1 unspecified atom stereocenters. The SMILES string of the molecule is Cc1noc(C)c1C(=O)NCCC(CCC(=O)O)C(C)C. The first-order chi connectivity index (χ1) is 9.82. The molecule has 0 aliphatic heterocycles. The largest absolute Gasteiger partial charge is 0.481 e. The smallest absolute Gasteiger partial charge is 0.303 e. The molecule has 0 spiro atoms. The van der Waals surface area contributed by atoms with Crippen LogP contribution < -0.4 is 5.32 Å². The van der Waals surface area contributed by atoms with Crippen molar-refractivity contribution >= 4 is 11.9 Å². The molecule has 0 fully saturated rings. The molecule has 1 heterocycles. The fraction of sp³-hybridized carbons (Fsp3) is 0.667. The zero-order chi connectivity index (χ0) is 16.0. The Balaban J connectivity index is 2.47. The standard InChI is InChI=1S/C15H24N2O4/c1-9(2)12(5-6-13(18)19)7-8-16-15(20)14-10(3)17-21-11(14)4/h9,12H,5-8H2,1-4H3,(H,16,20)(H,18,19). The second-order valence-electron chi connectivity index (χ2n) is 5.68. The number of nitrogens with one attached hydrogen (secondary N) is 1. The van der Waals surface area contributed by atoms with Crippen molar-refractivity contribution in [1.29, 1.82) is 0 Å². The first-order valence-electron chi connectivity index (χ1n) is 7.25. The monoisotopic (exact) mass is 296 g/mol. The minimum atomic E-state index is -0.777. The predicted molar refractivity (Wildman–Crippen MR) is 78.1 cm³/mol. The highest BCUT2D eigenvalue weighted by Crippen LogP contribution is 2.20. The number of rotatable bonds is 8. The van der Waals surface area contributed by atoms with Crippen LogP contribution in [0.15, 0.2) is 4.52 Å². The van der Waals surface area contributed by atoms with Crippen LogP contribution in [-0.2, 0) is 4.79 Å². The molecule has 6 nitrogen and oxygen atoms in total. The van der Waals surface area contributed by atoms with Gasteiger partial charge in [0.05, 0.1) is 5.69 Å². The molecule has 2 N–H and O–H groups in total. The highest BCUT2D eigenvalue weighted by atomic mass is 16.5. The zero-order valence-corrected chi connectivity index (χ0v) is 13.1. The van der Waals surface area contributed by atoms with Gasteiger partial charge in [0.15, 0.2) is 0 Å². The van der Waals surface area contributed by atoms with E-state index in [4.69, 9.17) is 9.63 Å². The fourth-order valence-corrected chi connectivity index (χ4v) is 2.39. The van der Waals surface area contributed by atoms with Crippen molar-refractivity contribution in [2.24, 2.45) is 11.8 Å². The van der Waals surface area contributed by atoms with Gasteiger partial charge in [0.1, 0.15) is 11.3 Å². The second-order valence-corrected chi connectivity index (χ2v) is 5.68. The van der Waals surface area contributed by atoms with Gasteiger partial charge in [-0.15, -0.1) is 0 Å². The van der Waals surface area contributed by atoms with E-state index < -0.39 is 5.97 Å². The lowest BCUT2D eigenvalue weighted by Crippen LogP contribution is -2.28. The topological polar surface area (TPSA) is 92.4 Å². The summed E-state index contributed by atoms with van der Waals surface area (Å²) >= 11 is 0. The summed E-state index contributed by atoms with van der Waals surface area (Å²) in [6, 6.07) is 0. The molecule has 6 heteroatoms. The molecule has 0 aliphatic carbocycles. The Morgan fingerprint density at radius 1 is 1.29 bits per heavy atom. The van der Waals surface area contributed by atoms with Gasteiger partial charge in [-0.1, -0.05) is 19.0 Å². The maximum atomic E-state index is 12.1. The molecule has 1 aromatic heterocycles. The highest BCUT2D eigenvalue weighted by molar-refractivity contribution is 5.96. The summed E-state index contributed by atoms with van der Waals surface area (Å²) in [5.74, 6) is 0.218. The lowest BCUT2D eigenvalue weighted by Gasteiger charge is -2.20. The third-order valence-corrected chi connectivity index (χ3v) is 3.73. The molecule has 0 saturated heterocycles. The third kappa shape index (κ3) is 5.21. The summed E-state index contributed by atoms with van der Waals surface area (Å²) in [4.78, 5) is 22.7. The van der Waals surface area contributed by atoms with Crippen LogP contribution in [0.5, 0.6) is 0 Å². The normalized spacial score (nSPS) is 12.4. The van der Waals surface area contributed by atoms with Crippen molar-refractivity contribution in [3.63, 3.8) is 0 Å². The minimum Gasteiger partial charge on any atom is -0.481 e. The maximum absolute atomic E-state index is 12.1. The molecule has 1 aromatic rings. The van der Waals surface area contributed by atoms with Crippen molar-refractivity contribution in [2.45, 2.75) is 47.0 Å². The van der Waals surface area contributed by atoms with E-state index in [2.05, 4.69) is 24.3 Å². The molecule has 0 saturated carbocycles. The third-order valence-electron chi connectivity index (χ3n) is 3.73. The Bertz CT molecular complexity index is 474. The van der Waals surface area contributed by atoms with E-state index in [9.17, 15) is 9.59 Å². The van der Waals surface area contributed by atoms with Gasteiger partial charge in [-0.3, -0.25) is 9.59 Å². The lowest BCUT2D eigenvalue weighted by molar-refractivity contribution is -0.137. The van der Waals surface area contributed by atoms with Crippen LogP contribution >= 0.6 is 0 Å². The van der Waals surface area contributed by atoms with Crippen molar-refractivity contribution < 1.29 is 19.2 Å². The molecule has 118 valence electrons. The van der Waals surface area contributed by atoms with Crippen molar-refractivity contribution in [1.82, 2.24) is 10.5 Å². The molecule has 1 amide bonds. The number of carboxylic acids is 1. The Kier molecular flexibility index (Phi) is 6.39. The quantitative estimate of drug-likeness (QED) is 0.769. The number of carbonyl (C=O) groups excluding carboxylic acids is 1. The molecular weight excluding hydrogens is 272 g/mol. The number of aliphatic carboxylic acids is 1. The van der Waals surface area contributed by atoms with Crippen molar-refractivity contribution in [3.05, 3.63) is 17.0 Å². The molecule has 0 aromatic carbocycles. The van der Waals surface area contributed by atoms with Crippen LogP contribution in [0, 0.1) is 25.7 Å². The number of amides is 1. The molecule has 21 heavy (non-hydrogen) atoms. The average molecular weight is 296 g/mol. The van der Waals surface area contributed by atoms with Crippen LogP contribution in [0.4, 0.5) is 0 Å². The summed E-state index contributed by atoms with van der Waals surface area (Å²) in [5.41, 5.74) is 1.07. The van der Waals surface area contributed by atoms with E-state index in [1.807, 2.05) is 0 Å². The van der Waals surface area contributed by atoms with E-state index in [0.717, 1.165) is 6.42 Å². The van der Waals surface area contributed by atoms with Gasteiger partial charge in [-0.05, 0) is 38.5 Å². The van der Waals surface area contributed by atoms with Gasteiger partial charge in [0, 0.05) is 13.0 Å². The van der Waals surface area contributed by atoms with Crippen LogP contribution in [0.3, 0.4) is 0 Å². The van der Waals surface area contributed by atoms with Crippen molar-refractivity contribution in [2.75, 3.05) is 6.54 Å². The van der Waals surface area contributed by atoms with Gasteiger partial charge in [0.2, 0.25) is 0 Å². The average Bonchev–Trinajstić information content (AvgIpc) is 2.72. The Morgan fingerprint density at radius 2 is 1.95 bits per heavy atom. The second kappa shape index (κ2) is 7.81. The van der Waals surface area contributed by atoms with E-state index in [1.165, 1.54) is 0 Å². The molecule has 0 radical (unpaired) electrons. The number of hydrogen-bond donors (Lipinski definition) is 2. The van der Waals surface area contributed by atoms with E-state index in [-0.39, 0.29) is 18.2 Å². The number of carboxylic acid groups (broad SMARTS) is 1. The van der Waals surface area contributed by atoms with Crippen LogP contribution in [0.2, 0.25) is 0 Å². The summed E-state index contributed by atoms with van der Waals surface area (Å²) in [7, 11) is 0. The highest BCUT2D eigenvalue weighted by Gasteiger charge is 2.19. The number of hydrogen-bond acceptors (Lipinski definition) is 4. The summed E-state index contributed by atoms with van der Waals surface area (Å²) in [6.45, 7) is 8.10. The van der Waals surface area contributed by atoms with Crippen LogP contribution in [0.25, 0.3) is 0 Å². The van der Waals surface area contributed by atoms with Gasteiger partial charge < -0.3 is 14.9 Å². The van der Waals surface area contributed by atoms with E-state index in [1.54, 1.807) is 13.8 Å². The Morgan fingerprint density at radius 3 is 2.43 bits per heavy atom. The summed E-state index contributed by atoms with van der Waals surface area (Å²) in [6.07, 6.45) is 1.56. The van der Waals surface area contributed by atoms with E-state index in [0.29, 0.717) is 35.9 Å². The lowest BCUT2D eigenvalue weighted by atomic mass is 9.88. The van der Waals surface area contributed by atoms with Crippen LogP contribution in [0.1, 0.15) is 54.9 Å². The van der Waals surface area contributed by atoms with Crippen LogP contribution in [-0.4, -0.2) is 28.7 Å². The summed E-state index contributed by atoms with van der Waals surface area (Å²) < 4.78 is 4.97. The zero-order valence-electron chi connectivity index (χ0n) is 13.1. The summed E-state index contributed by atoms with van der Waals surface area (Å²) in [5, 5.41) is 15.4. The number of aromatic nitrogens is 1. The fourth-order valence-electron chi connectivity index (χ4n) is 2.39. The Hall–Kier alpha value is -1.85. The first-order valence-corrected chi connectivity index (χ1v) is 7.25. The molecule has 0 bridgehead atoms. The van der Waals surface area contributed by atoms with E-state index >= 15 is 0 Å². The van der Waals surface area contributed by atoms with Gasteiger partial charge in [0.25, 0.3) is 5.91 Å². The number of aryl methyl sites for hydroxylation is 2. The number of carbonyl (C=O) groups is 2. The Labute approximate surface area is 124 Å². The molecule has 1 atom stereocenters. The molecule has 1 rings (SSSR count). The first kappa shape index (κ1) is 17.2. The molecule has 0 aliphatic rings. The van der Waals surface area contributed by atoms with Gasteiger partial charge in [-0.2, -0.15) is 0 Å².